The summed E-state index contributed by atoms with van der Waals surface area (Å²) in [5.41, 5.74) is 1.95. The molecule has 2 N–H and O–H groups in total. The molecule has 0 saturated heterocycles. The Morgan fingerprint density at radius 2 is 2.11 bits per heavy atom. The van der Waals surface area contributed by atoms with E-state index in [1.807, 2.05) is 24.3 Å². The van der Waals surface area contributed by atoms with Crippen molar-refractivity contribution in [1.29, 1.82) is 0 Å². The van der Waals surface area contributed by atoms with E-state index in [0.29, 0.717) is 0 Å². The highest BCUT2D eigenvalue weighted by molar-refractivity contribution is 5.93. The van der Waals surface area contributed by atoms with Crippen LogP contribution in [0.25, 0.3) is 0 Å². The Morgan fingerprint density at radius 3 is 2.72 bits per heavy atom. The standard InChI is InChI=1S/C14H22N2O2/c1-5-15-10(2)12-7-6-8-13(9-12)16-14(17)11(3)18-4/h6-11,15H,5H2,1-4H3,(H,16,17). The number of rotatable bonds is 6. The molecule has 2 unspecified atom stereocenters. The fraction of sp³-hybridized carbons (Fsp3) is 0.500. The Hall–Kier alpha value is -1.39. The highest BCUT2D eigenvalue weighted by Crippen LogP contribution is 2.17. The van der Waals surface area contributed by atoms with Crippen LogP contribution in [-0.4, -0.2) is 25.7 Å². The lowest BCUT2D eigenvalue weighted by Crippen LogP contribution is -2.26. The van der Waals surface area contributed by atoms with Crippen LogP contribution in [0.15, 0.2) is 24.3 Å². The van der Waals surface area contributed by atoms with Crippen LogP contribution in [0.5, 0.6) is 0 Å². The molecular formula is C14H22N2O2. The Kier molecular flexibility index (Phi) is 5.82. The van der Waals surface area contributed by atoms with Crippen molar-refractivity contribution in [2.45, 2.75) is 32.9 Å². The zero-order chi connectivity index (χ0) is 13.5. The Morgan fingerprint density at radius 1 is 1.39 bits per heavy atom. The summed E-state index contributed by atoms with van der Waals surface area (Å²) in [6, 6.07) is 8.11. The molecule has 0 radical (unpaired) electrons. The molecule has 1 aromatic carbocycles. The topological polar surface area (TPSA) is 50.4 Å². The van der Waals surface area contributed by atoms with Gasteiger partial charge in [0.25, 0.3) is 5.91 Å². The molecule has 0 spiro atoms. The number of carbonyl (C=O) groups excluding carboxylic acids is 1. The van der Waals surface area contributed by atoms with Gasteiger partial charge in [0, 0.05) is 18.8 Å². The number of nitrogens with one attached hydrogen (secondary N) is 2. The van der Waals surface area contributed by atoms with Gasteiger partial charge in [-0.1, -0.05) is 19.1 Å². The lowest BCUT2D eigenvalue weighted by molar-refractivity contribution is -0.124. The zero-order valence-electron chi connectivity index (χ0n) is 11.5. The van der Waals surface area contributed by atoms with E-state index in [9.17, 15) is 4.79 Å². The summed E-state index contributed by atoms with van der Waals surface area (Å²) in [5.74, 6) is -0.134. The molecule has 0 fully saturated rings. The van der Waals surface area contributed by atoms with E-state index < -0.39 is 6.10 Å². The van der Waals surface area contributed by atoms with Gasteiger partial charge in [0.15, 0.2) is 0 Å². The molecule has 18 heavy (non-hydrogen) atoms. The smallest absolute Gasteiger partial charge is 0.253 e. The quantitative estimate of drug-likeness (QED) is 0.814. The van der Waals surface area contributed by atoms with Crippen molar-refractivity contribution in [2.75, 3.05) is 19.0 Å². The predicted octanol–water partition coefficient (Wildman–Crippen LogP) is 2.33. The highest BCUT2D eigenvalue weighted by atomic mass is 16.5. The molecular weight excluding hydrogens is 228 g/mol. The van der Waals surface area contributed by atoms with Crippen molar-refractivity contribution in [3.05, 3.63) is 29.8 Å². The lowest BCUT2D eigenvalue weighted by Gasteiger charge is -2.15. The van der Waals surface area contributed by atoms with Crippen LogP contribution in [0.4, 0.5) is 5.69 Å². The maximum atomic E-state index is 11.7. The van der Waals surface area contributed by atoms with Gasteiger partial charge in [-0.15, -0.1) is 0 Å². The number of hydrogen-bond donors (Lipinski definition) is 2. The van der Waals surface area contributed by atoms with Gasteiger partial charge in [-0.3, -0.25) is 4.79 Å². The van der Waals surface area contributed by atoms with Gasteiger partial charge in [-0.05, 0) is 38.1 Å². The lowest BCUT2D eigenvalue weighted by atomic mass is 10.1. The highest BCUT2D eigenvalue weighted by Gasteiger charge is 2.12. The normalized spacial score (nSPS) is 14.0. The van der Waals surface area contributed by atoms with E-state index in [0.717, 1.165) is 17.8 Å². The summed E-state index contributed by atoms with van der Waals surface area (Å²) in [4.78, 5) is 11.7. The molecule has 0 aromatic heterocycles. The van der Waals surface area contributed by atoms with Gasteiger partial charge < -0.3 is 15.4 Å². The van der Waals surface area contributed by atoms with Crippen LogP contribution >= 0.6 is 0 Å². The van der Waals surface area contributed by atoms with Crippen molar-refractivity contribution in [2.24, 2.45) is 0 Å². The fourth-order valence-corrected chi connectivity index (χ4v) is 1.66. The summed E-state index contributed by atoms with van der Waals surface area (Å²) >= 11 is 0. The van der Waals surface area contributed by atoms with Crippen molar-refractivity contribution < 1.29 is 9.53 Å². The second kappa shape index (κ2) is 7.13. The molecule has 100 valence electrons. The molecule has 2 atom stereocenters. The fourth-order valence-electron chi connectivity index (χ4n) is 1.66. The van der Waals surface area contributed by atoms with Gasteiger partial charge in [0.2, 0.25) is 0 Å². The molecule has 0 bridgehead atoms. The van der Waals surface area contributed by atoms with Crippen LogP contribution in [-0.2, 0) is 9.53 Å². The van der Waals surface area contributed by atoms with Crippen LogP contribution in [0, 0.1) is 0 Å². The molecule has 0 aliphatic heterocycles. The van der Waals surface area contributed by atoms with Crippen LogP contribution in [0.3, 0.4) is 0 Å². The van der Waals surface area contributed by atoms with E-state index >= 15 is 0 Å². The van der Waals surface area contributed by atoms with Gasteiger partial charge in [-0.25, -0.2) is 0 Å². The van der Waals surface area contributed by atoms with E-state index in [1.165, 1.54) is 7.11 Å². The summed E-state index contributed by atoms with van der Waals surface area (Å²) in [6.45, 7) is 6.81. The van der Waals surface area contributed by atoms with E-state index in [-0.39, 0.29) is 11.9 Å². The summed E-state index contributed by atoms with van der Waals surface area (Å²) in [5, 5.41) is 6.18. The Balaban J connectivity index is 2.73. The minimum Gasteiger partial charge on any atom is -0.372 e. The minimum atomic E-state index is -0.445. The van der Waals surface area contributed by atoms with Crippen molar-refractivity contribution in [3.63, 3.8) is 0 Å². The Bertz CT molecular complexity index is 393. The average Bonchev–Trinajstić information content (AvgIpc) is 2.38. The van der Waals surface area contributed by atoms with Crippen molar-refractivity contribution >= 4 is 11.6 Å². The van der Waals surface area contributed by atoms with Crippen molar-refractivity contribution in [3.8, 4) is 0 Å². The van der Waals surface area contributed by atoms with Crippen LogP contribution in [0.1, 0.15) is 32.4 Å². The largest absolute Gasteiger partial charge is 0.372 e. The van der Waals surface area contributed by atoms with Gasteiger partial charge in [0.05, 0.1) is 0 Å². The number of anilines is 1. The average molecular weight is 250 g/mol. The number of ether oxygens (including phenoxy) is 1. The number of amides is 1. The summed E-state index contributed by atoms with van der Waals surface area (Å²) in [7, 11) is 1.52. The first-order valence-corrected chi connectivity index (χ1v) is 6.25. The number of hydrogen-bond acceptors (Lipinski definition) is 3. The predicted molar refractivity (Wildman–Crippen MR) is 73.6 cm³/mol. The SMILES string of the molecule is CCNC(C)c1cccc(NC(=O)C(C)OC)c1. The maximum Gasteiger partial charge on any atom is 0.253 e. The summed E-state index contributed by atoms with van der Waals surface area (Å²) < 4.78 is 4.98. The van der Waals surface area contributed by atoms with Crippen LogP contribution in [0.2, 0.25) is 0 Å². The van der Waals surface area contributed by atoms with Crippen molar-refractivity contribution in [1.82, 2.24) is 5.32 Å². The molecule has 1 aromatic rings. The van der Waals surface area contributed by atoms with E-state index in [2.05, 4.69) is 24.5 Å². The van der Waals surface area contributed by atoms with Gasteiger partial charge in [0.1, 0.15) is 6.10 Å². The first-order chi connectivity index (χ1) is 8.58. The van der Waals surface area contributed by atoms with Gasteiger partial charge >= 0.3 is 0 Å². The number of benzene rings is 1. The third-order valence-corrected chi connectivity index (χ3v) is 2.89. The molecule has 1 rings (SSSR count). The molecule has 0 aliphatic rings. The first kappa shape index (κ1) is 14.7. The third-order valence-electron chi connectivity index (χ3n) is 2.89. The third kappa shape index (κ3) is 4.13. The number of methoxy groups -OCH3 is 1. The van der Waals surface area contributed by atoms with Gasteiger partial charge in [-0.2, -0.15) is 0 Å². The van der Waals surface area contributed by atoms with E-state index in [4.69, 9.17) is 4.74 Å². The minimum absolute atomic E-state index is 0.134. The monoisotopic (exact) mass is 250 g/mol. The van der Waals surface area contributed by atoms with E-state index in [1.54, 1.807) is 6.92 Å². The molecule has 1 amide bonds. The molecule has 4 nitrogen and oxygen atoms in total. The molecule has 4 heteroatoms. The summed E-state index contributed by atoms with van der Waals surface area (Å²) in [6.07, 6.45) is -0.445. The number of carbonyl (C=O) groups is 1. The molecule has 0 heterocycles. The molecule has 0 saturated carbocycles. The maximum absolute atomic E-state index is 11.7. The zero-order valence-corrected chi connectivity index (χ0v) is 11.5. The van der Waals surface area contributed by atoms with Crippen LogP contribution < -0.4 is 10.6 Å². The first-order valence-electron chi connectivity index (χ1n) is 6.25. The second-order valence-corrected chi connectivity index (χ2v) is 4.27. The molecule has 0 aliphatic carbocycles. The second-order valence-electron chi connectivity index (χ2n) is 4.27. The Labute approximate surface area is 109 Å².